The number of fused-ring (bicyclic) bond motifs is 15. The zero-order valence-corrected chi connectivity index (χ0v) is 31.1. The fraction of sp³-hybridized carbons (Fsp3) is 0. The first-order chi connectivity index (χ1) is 29.2. The van der Waals surface area contributed by atoms with Crippen molar-refractivity contribution >= 4 is 110 Å². The predicted molar refractivity (Wildman–Crippen MR) is 236 cm³/mol. The Bertz CT molecular complexity index is 4100. The van der Waals surface area contributed by atoms with Gasteiger partial charge in [0.05, 0.1) is 22.1 Å². The van der Waals surface area contributed by atoms with Gasteiger partial charge in [0.1, 0.15) is 50.3 Å². The van der Waals surface area contributed by atoms with E-state index >= 15 is 0 Å². The standard InChI is InChI=1S/C52H27N3O4/c1-5-18-36-28(12-1)34-27-45-35(26-38(34)55(36)37-19-11-25-44-48(37)31-15-4-8-22-41(31)58-44)50-51(59-45)49(32-16-9-23-42-46(32)29-13-2-6-20-39(29)56-42)53-52(54-50)33-17-10-24-43-47(33)30-14-3-7-21-40(30)57-43/h1-27H. The van der Waals surface area contributed by atoms with Crippen LogP contribution in [0.15, 0.2) is 181 Å². The third kappa shape index (κ3) is 4.15. The third-order valence-corrected chi connectivity index (χ3v) is 12.0. The molecule has 7 heteroatoms. The van der Waals surface area contributed by atoms with Crippen molar-refractivity contribution in [3.63, 3.8) is 0 Å². The monoisotopic (exact) mass is 757 g/mol. The molecule has 0 atom stereocenters. The first-order valence-electron chi connectivity index (χ1n) is 19.6. The van der Waals surface area contributed by atoms with E-state index in [2.05, 4.69) is 89.5 Å². The van der Waals surface area contributed by atoms with Gasteiger partial charge in [0, 0.05) is 54.2 Å². The maximum atomic E-state index is 7.00. The average Bonchev–Trinajstić information content (AvgIpc) is 4.10. The van der Waals surface area contributed by atoms with Crippen LogP contribution in [-0.2, 0) is 0 Å². The Morgan fingerprint density at radius 2 is 0.898 bits per heavy atom. The van der Waals surface area contributed by atoms with Crippen LogP contribution in [0.1, 0.15) is 0 Å². The molecule has 274 valence electrons. The molecule has 0 amide bonds. The number of nitrogens with zero attached hydrogens (tertiary/aromatic N) is 3. The van der Waals surface area contributed by atoms with Crippen molar-refractivity contribution in [1.29, 1.82) is 0 Å². The second-order valence-electron chi connectivity index (χ2n) is 15.2. The van der Waals surface area contributed by atoms with E-state index in [4.69, 9.17) is 27.6 Å². The van der Waals surface area contributed by atoms with E-state index < -0.39 is 0 Å². The number of aromatic nitrogens is 3. The van der Waals surface area contributed by atoms with E-state index in [1.165, 1.54) is 0 Å². The Balaban J connectivity index is 1.13. The number of para-hydroxylation sites is 4. The Morgan fingerprint density at radius 1 is 0.356 bits per heavy atom. The number of hydrogen-bond donors (Lipinski definition) is 0. The van der Waals surface area contributed by atoms with Crippen LogP contribution >= 0.6 is 0 Å². The molecular formula is C52H27N3O4. The number of benzene rings is 8. The minimum absolute atomic E-state index is 0.576. The van der Waals surface area contributed by atoms with Crippen LogP contribution in [0.2, 0.25) is 0 Å². The largest absolute Gasteiger partial charge is 0.456 e. The van der Waals surface area contributed by atoms with E-state index in [9.17, 15) is 0 Å². The van der Waals surface area contributed by atoms with Crippen LogP contribution in [0, 0.1) is 0 Å². The van der Waals surface area contributed by atoms with Crippen LogP contribution < -0.4 is 0 Å². The van der Waals surface area contributed by atoms with Crippen molar-refractivity contribution in [1.82, 2.24) is 14.5 Å². The molecule has 6 heterocycles. The lowest BCUT2D eigenvalue weighted by atomic mass is 10.0. The quantitative estimate of drug-likeness (QED) is 0.178. The van der Waals surface area contributed by atoms with Crippen LogP contribution in [0.25, 0.3) is 138 Å². The van der Waals surface area contributed by atoms with Gasteiger partial charge in [-0.05, 0) is 60.7 Å². The molecule has 0 fully saturated rings. The Hall–Kier alpha value is -8.16. The Kier molecular flexibility index (Phi) is 5.90. The molecule has 0 aliphatic carbocycles. The van der Waals surface area contributed by atoms with Gasteiger partial charge in [-0.3, -0.25) is 0 Å². The van der Waals surface area contributed by atoms with Crippen molar-refractivity contribution in [2.75, 3.05) is 0 Å². The molecule has 0 unspecified atom stereocenters. The highest BCUT2D eigenvalue weighted by molar-refractivity contribution is 6.21. The van der Waals surface area contributed by atoms with Gasteiger partial charge in [0.2, 0.25) is 0 Å². The van der Waals surface area contributed by atoms with Crippen molar-refractivity contribution < 1.29 is 17.7 Å². The molecule has 7 nitrogen and oxygen atoms in total. The van der Waals surface area contributed by atoms with Crippen LogP contribution in [0.3, 0.4) is 0 Å². The molecule has 0 N–H and O–H groups in total. The van der Waals surface area contributed by atoms with Gasteiger partial charge in [-0.1, -0.05) is 103 Å². The van der Waals surface area contributed by atoms with E-state index in [1.54, 1.807) is 0 Å². The molecule has 0 radical (unpaired) electrons. The fourth-order valence-electron chi connectivity index (χ4n) is 9.54. The van der Waals surface area contributed by atoms with Crippen molar-refractivity contribution in [2.45, 2.75) is 0 Å². The molecule has 0 saturated heterocycles. The lowest BCUT2D eigenvalue weighted by Gasteiger charge is -2.10. The number of rotatable bonds is 3. The zero-order valence-electron chi connectivity index (χ0n) is 31.1. The van der Waals surface area contributed by atoms with Gasteiger partial charge in [0.25, 0.3) is 0 Å². The Labute approximate surface area is 332 Å². The maximum absolute atomic E-state index is 7.00. The van der Waals surface area contributed by atoms with Crippen LogP contribution in [-0.4, -0.2) is 14.5 Å². The van der Waals surface area contributed by atoms with Crippen molar-refractivity contribution in [2.24, 2.45) is 0 Å². The summed E-state index contributed by atoms with van der Waals surface area (Å²) in [6.07, 6.45) is 0. The SMILES string of the molecule is c1ccc2c(c1)oc1cccc(-c3nc(-c4cccc5oc6ccccc6c45)c4oc5cc6c7ccccc7n(-c7cccc8oc9ccccc9c78)c6cc5c4n3)c12. The Morgan fingerprint density at radius 3 is 1.59 bits per heavy atom. The second-order valence-corrected chi connectivity index (χ2v) is 15.2. The molecule has 59 heavy (non-hydrogen) atoms. The van der Waals surface area contributed by atoms with Gasteiger partial charge in [-0.2, -0.15) is 0 Å². The highest BCUT2D eigenvalue weighted by Gasteiger charge is 2.25. The normalized spacial score (nSPS) is 12.4. The smallest absolute Gasteiger partial charge is 0.180 e. The summed E-state index contributed by atoms with van der Waals surface area (Å²) >= 11 is 0. The molecule has 14 aromatic rings. The molecular weight excluding hydrogens is 731 g/mol. The first-order valence-corrected chi connectivity index (χ1v) is 19.6. The third-order valence-electron chi connectivity index (χ3n) is 12.0. The fourth-order valence-corrected chi connectivity index (χ4v) is 9.54. The minimum Gasteiger partial charge on any atom is -0.456 e. The van der Waals surface area contributed by atoms with Gasteiger partial charge in [0.15, 0.2) is 11.4 Å². The van der Waals surface area contributed by atoms with E-state index in [0.717, 1.165) is 121 Å². The summed E-state index contributed by atoms with van der Waals surface area (Å²) in [4.78, 5) is 10.9. The summed E-state index contributed by atoms with van der Waals surface area (Å²) in [6.45, 7) is 0. The molecule has 6 aromatic heterocycles. The lowest BCUT2D eigenvalue weighted by Crippen LogP contribution is -1.95. The van der Waals surface area contributed by atoms with Gasteiger partial charge >= 0.3 is 0 Å². The van der Waals surface area contributed by atoms with Crippen molar-refractivity contribution in [3.8, 4) is 28.3 Å². The average molecular weight is 758 g/mol. The topological polar surface area (TPSA) is 83.3 Å². The van der Waals surface area contributed by atoms with Gasteiger partial charge in [-0.25, -0.2) is 9.97 Å². The van der Waals surface area contributed by atoms with E-state index in [-0.39, 0.29) is 0 Å². The van der Waals surface area contributed by atoms with E-state index in [0.29, 0.717) is 17.1 Å². The van der Waals surface area contributed by atoms with Crippen molar-refractivity contribution in [3.05, 3.63) is 164 Å². The first kappa shape index (κ1) is 31.0. The second kappa shape index (κ2) is 11.2. The maximum Gasteiger partial charge on any atom is 0.180 e. The summed E-state index contributed by atoms with van der Waals surface area (Å²) < 4.78 is 28.5. The van der Waals surface area contributed by atoms with Crippen LogP contribution in [0.4, 0.5) is 0 Å². The summed E-state index contributed by atoms with van der Waals surface area (Å²) in [5, 5.41) is 9.19. The summed E-state index contributed by atoms with van der Waals surface area (Å²) in [5.41, 5.74) is 12.6. The summed E-state index contributed by atoms with van der Waals surface area (Å²) in [5.74, 6) is 0.576. The number of furan rings is 4. The van der Waals surface area contributed by atoms with Gasteiger partial charge < -0.3 is 22.2 Å². The predicted octanol–water partition coefficient (Wildman–Crippen LogP) is 14.5. The molecule has 0 aliphatic heterocycles. The van der Waals surface area contributed by atoms with E-state index in [1.807, 2.05) is 78.9 Å². The summed E-state index contributed by atoms with van der Waals surface area (Å²) in [7, 11) is 0. The molecule has 8 aromatic carbocycles. The van der Waals surface area contributed by atoms with Crippen LogP contribution in [0.5, 0.6) is 0 Å². The lowest BCUT2D eigenvalue weighted by molar-refractivity contribution is 0.667. The molecule has 0 saturated carbocycles. The summed E-state index contributed by atoms with van der Waals surface area (Å²) in [6, 6.07) is 56.0. The zero-order chi connectivity index (χ0) is 38.3. The minimum atomic E-state index is 0.576. The number of hydrogen-bond acceptors (Lipinski definition) is 6. The molecule has 0 aliphatic rings. The highest BCUT2D eigenvalue weighted by atomic mass is 16.3. The van der Waals surface area contributed by atoms with Gasteiger partial charge in [-0.15, -0.1) is 0 Å². The molecule has 0 spiro atoms. The highest BCUT2D eigenvalue weighted by Crippen LogP contribution is 2.45. The molecule has 0 bridgehead atoms. The molecule has 14 rings (SSSR count).